The molecular formula is C24H28N4O3. The van der Waals surface area contributed by atoms with Gasteiger partial charge in [-0.1, -0.05) is 24.3 Å². The van der Waals surface area contributed by atoms with Gasteiger partial charge in [-0.05, 0) is 49.6 Å². The lowest BCUT2D eigenvalue weighted by molar-refractivity contribution is -0.119. The van der Waals surface area contributed by atoms with E-state index in [9.17, 15) is 14.4 Å². The molecule has 1 N–H and O–H groups in total. The van der Waals surface area contributed by atoms with Crippen molar-refractivity contribution in [2.75, 3.05) is 42.9 Å². The van der Waals surface area contributed by atoms with Crippen LogP contribution in [-0.2, 0) is 4.79 Å². The third-order valence-electron chi connectivity index (χ3n) is 5.82. The smallest absolute Gasteiger partial charge is 0.321 e. The van der Waals surface area contributed by atoms with E-state index in [1.54, 1.807) is 9.80 Å². The van der Waals surface area contributed by atoms with Crippen LogP contribution in [0.3, 0.4) is 0 Å². The number of hydrogen-bond acceptors (Lipinski definition) is 3. The van der Waals surface area contributed by atoms with Crippen molar-refractivity contribution >= 4 is 29.2 Å². The van der Waals surface area contributed by atoms with E-state index in [0.29, 0.717) is 50.4 Å². The summed E-state index contributed by atoms with van der Waals surface area (Å²) in [7, 11) is 0. The number of piperidine rings is 1. The highest BCUT2D eigenvalue weighted by Crippen LogP contribution is 2.24. The molecule has 0 radical (unpaired) electrons. The Morgan fingerprint density at radius 2 is 1.55 bits per heavy atom. The van der Waals surface area contributed by atoms with Gasteiger partial charge in [-0.25, -0.2) is 4.79 Å². The largest absolute Gasteiger partial charge is 0.337 e. The molecule has 7 nitrogen and oxygen atoms in total. The molecule has 0 unspecified atom stereocenters. The average Bonchev–Trinajstić information content (AvgIpc) is 3.06. The molecule has 2 aliphatic rings. The first-order valence-corrected chi connectivity index (χ1v) is 10.9. The normalized spacial score (nSPS) is 17.3. The number of anilines is 2. The van der Waals surface area contributed by atoms with Gasteiger partial charge >= 0.3 is 6.03 Å². The summed E-state index contributed by atoms with van der Waals surface area (Å²) in [6, 6.07) is 16.5. The SMILES string of the molecule is O=C(Nc1cccc(N2CCCCC2=O)c1)N1CCCN(C(=O)c2ccccc2)CC1. The molecule has 0 atom stereocenters. The molecule has 2 heterocycles. The lowest BCUT2D eigenvalue weighted by Gasteiger charge is -2.27. The van der Waals surface area contributed by atoms with Gasteiger partial charge in [0.25, 0.3) is 5.91 Å². The summed E-state index contributed by atoms with van der Waals surface area (Å²) < 4.78 is 0. The van der Waals surface area contributed by atoms with Gasteiger partial charge < -0.3 is 20.0 Å². The van der Waals surface area contributed by atoms with E-state index < -0.39 is 0 Å². The van der Waals surface area contributed by atoms with Gasteiger partial charge in [0.1, 0.15) is 0 Å². The van der Waals surface area contributed by atoms with E-state index in [4.69, 9.17) is 0 Å². The molecule has 2 aliphatic heterocycles. The summed E-state index contributed by atoms with van der Waals surface area (Å²) in [5.41, 5.74) is 2.16. The summed E-state index contributed by atoms with van der Waals surface area (Å²) in [6.45, 7) is 2.92. The summed E-state index contributed by atoms with van der Waals surface area (Å²) in [5.74, 6) is 0.132. The average molecular weight is 421 g/mol. The fraction of sp³-hybridized carbons (Fsp3) is 0.375. The van der Waals surface area contributed by atoms with Crippen LogP contribution in [0.5, 0.6) is 0 Å². The first kappa shape index (κ1) is 20.9. The second-order valence-electron chi connectivity index (χ2n) is 7.98. The summed E-state index contributed by atoms with van der Waals surface area (Å²) >= 11 is 0. The molecule has 0 aromatic heterocycles. The molecule has 4 rings (SSSR count). The number of rotatable bonds is 3. The highest BCUT2D eigenvalue weighted by atomic mass is 16.2. The van der Waals surface area contributed by atoms with Crippen LogP contribution in [0.4, 0.5) is 16.2 Å². The van der Waals surface area contributed by atoms with Crippen LogP contribution in [-0.4, -0.2) is 60.4 Å². The Labute approximate surface area is 182 Å². The Bertz CT molecular complexity index is 947. The topological polar surface area (TPSA) is 73.0 Å². The Kier molecular flexibility index (Phi) is 6.50. The molecule has 162 valence electrons. The molecule has 0 bridgehead atoms. The number of nitrogens with one attached hydrogen (secondary N) is 1. The van der Waals surface area contributed by atoms with E-state index >= 15 is 0 Å². The minimum Gasteiger partial charge on any atom is -0.337 e. The van der Waals surface area contributed by atoms with E-state index in [1.165, 1.54) is 0 Å². The quantitative estimate of drug-likeness (QED) is 0.825. The maximum atomic E-state index is 12.8. The zero-order valence-electron chi connectivity index (χ0n) is 17.6. The summed E-state index contributed by atoms with van der Waals surface area (Å²) in [5, 5.41) is 2.96. The Balaban J connectivity index is 1.36. The van der Waals surface area contributed by atoms with Crippen molar-refractivity contribution in [3.63, 3.8) is 0 Å². The van der Waals surface area contributed by atoms with Gasteiger partial charge in [0, 0.05) is 56.1 Å². The van der Waals surface area contributed by atoms with Gasteiger partial charge in [0.2, 0.25) is 5.91 Å². The third-order valence-corrected chi connectivity index (χ3v) is 5.82. The molecule has 2 saturated heterocycles. The van der Waals surface area contributed by atoms with E-state index in [0.717, 1.165) is 24.9 Å². The van der Waals surface area contributed by atoms with E-state index in [1.807, 2.05) is 59.5 Å². The second-order valence-corrected chi connectivity index (χ2v) is 7.98. The molecule has 2 aromatic rings. The number of nitrogens with zero attached hydrogens (tertiary/aromatic N) is 3. The Morgan fingerprint density at radius 3 is 2.35 bits per heavy atom. The number of urea groups is 1. The number of hydrogen-bond donors (Lipinski definition) is 1. The first-order chi connectivity index (χ1) is 15.1. The van der Waals surface area contributed by atoms with Gasteiger partial charge in [0.05, 0.1) is 0 Å². The van der Waals surface area contributed by atoms with Crippen LogP contribution >= 0.6 is 0 Å². The molecule has 31 heavy (non-hydrogen) atoms. The fourth-order valence-electron chi connectivity index (χ4n) is 4.12. The van der Waals surface area contributed by atoms with Crippen molar-refractivity contribution in [3.05, 3.63) is 60.2 Å². The predicted molar refractivity (Wildman–Crippen MR) is 120 cm³/mol. The third kappa shape index (κ3) is 5.05. The molecule has 4 amide bonds. The standard InChI is InChI=1S/C24H28N4O3/c29-22-12-4-5-15-28(22)21-11-6-10-20(18-21)25-24(31)27-14-7-13-26(16-17-27)23(30)19-8-2-1-3-9-19/h1-3,6,8-11,18H,4-5,7,12-17H2,(H,25,31). The maximum absolute atomic E-state index is 12.8. The van der Waals surface area contributed by atoms with Gasteiger partial charge in [-0.15, -0.1) is 0 Å². The van der Waals surface area contributed by atoms with Gasteiger partial charge in [0.15, 0.2) is 0 Å². The zero-order valence-corrected chi connectivity index (χ0v) is 17.6. The van der Waals surface area contributed by atoms with Gasteiger partial charge in [-0.3, -0.25) is 9.59 Å². The van der Waals surface area contributed by atoms with E-state index in [-0.39, 0.29) is 17.8 Å². The van der Waals surface area contributed by atoms with Crippen LogP contribution in [0.25, 0.3) is 0 Å². The Hall–Kier alpha value is -3.35. The van der Waals surface area contributed by atoms with Crippen LogP contribution in [0, 0.1) is 0 Å². The van der Waals surface area contributed by atoms with Crippen molar-refractivity contribution in [1.82, 2.24) is 9.80 Å². The lowest BCUT2D eigenvalue weighted by atomic mass is 10.1. The monoisotopic (exact) mass is 420 g/mol. The van der Waals surface area contributed by atoms with Crippen molar-refractivity contribution < 1.29 is 14.4 Å². The summed E-state index contributed by atoms with van der Waals surface area (Å²) in [4.78, 5) is 43.1. The van der Waals surface area contributed by atoms with Crippen LogP contribution < -0.4 is 10.2 Å². The molecule has 0 aliphatic carbocycles. The minimum absolute atomic E-state index is 0.00163. The zero-order chi connectivity index (χ0) is 21.6. The number of carbonyl (C=O) groups is 3. The second kappa shape index (κ2) is 9.64. The Morgan fingerprint density at radius 1 is 0.774 bits per heavy atom. The van der Waals surface area contributed by atoms with Crippen LogP contribution in [0.1, 0.15) is 36.0 Å². The molecule has 2 aromatic carbocycles. The molecule has 0 spiro atoms. The first-order valence-electron chi connectivity index (χ1n) is 10.9. The van der Waals surface area contributed by atoms with Crippen LogP contribution in [0.2, 0.25) is 0 Å². The minimum atomic E-state index is -0.184. The number of carbonyl (C=O) groups excluding carboxylic acids is 3. The molecule has 0 saturated carbocycles. The lowest BCUT2D eigenvalue weighted by Crippen LogP contribution is -2.39. The van der Waals surface area contributed by atoms with Crippen molar-refractivity contribution in [3.8, 4) is 0 Å². The maximum Gasteiger partial charge on any atom is 0.321 e. The fourth-order valence-corrected chi connectivity index (χ4v) is 4.12. The van der Waals surface area contributed by atoms with Crippen molar-refractivity contribution in [2.45, 2.75) is 25.7 Å². The molecular weight excluding hydrogens is 392 g/mol. The highest BCUT2D eigenvalue weighted by molar-refractivity contribution is 5.96. The van der Waals surface area contributed by atoms with Crippen molar-refractivity contribution in [1.29, 1.82) is 0 Å². The van der Waals surface area contributed by atoms with Gasteiger partial charge in [-0.2, -0.15) is 0 Å². The molecule has 2 fully saturated rings. The number of amides is 4. The van der Waals surface area contributed by atoms with E-state index in [2.05, 4.69) is 5.32 Å². The van der Waals surface area contributed by atoms with Crippen molar-refractivity contribution in [2.24, 2.45) is 0 Å². The van der Waals surface area contributed by atoms with Crippen LogP contribution in [0.15, 0.2) is 54.6 Å². The molecule has 7 heteroatoms. The predicted octanol–water partition coefficient (Wildman–Crippen LogP) is 3.58. The highest BCUT2D eigenvalue weighted by Gasteiger charge is 2.23. The number of benzene rings is 2. The summed E-state index contributed by atoms with van der Waals surface area (Å²) in [6.07, 6.45) is 3.23.